The largest absolute Gasteiger partial charge is 0.484 e. The summed E-state index contributed by atoms with van der Waals surface area (Å²) in [6.45, 7) is 3.96. The average Bonchev–Trinajstić information content (AvgIpc) is 3.18. The Labute approximate surface area is 190 Å². The lowest BCUT2D eigenvalue weighted by atomic mass is 10.0. The number of amides is 2. The Kier molecular flexibility index (Phi) is 6.40. The number of fused-ring (bicyclic) bond motifs is 1. The summed E-state index contributed by atoms with van der Waals surface area (Å²) in [5.74, 6) is -0.514. The van der Waals surface area contributed by atoms with Crippen molar-refractivity contribution in [3.63, 3.8) is 0 Å². The van der Waals surface area contributed by atoms with E-state index in [2.05, 4.69) is 24.5 Å². The van der Waals surface area contributed by atoms with Gasteiger partial charge in [0.05, 0.1) is 0 Å². The van der Waals surface area contributed by atoms with Crippen LogP contribution in [0.25, 0.3) is 11.0 Å². The second-order valence-corrected chi connectivity index (χ2v) is 7.82. The van der Waals surface area contributed by atoms with Crippen molar-refractivity contribution < 1.29 is 23.1 Å². The van der Waals surface area contributed by atoms with E-state index in [9.17, 15) is 14.0 Å². The minimum Gasteiger partial charge on any atom is -0.484 e. The summed E-state index contributed by atoms with van der Waals surface area (Å²) in [4.78, 5) is 25.5. The number of hydrogen-bond donors (Lipinski definition) is 2. The third kappa shape index (κ3) is 5.20. The molecule has 2 amide bonds. The van der Waals surface area contributed by atoms with Crippen LogP contribution in [0.5, 0.6) is 5.75 Å². The van der Waals surface area contributed by atoms with Crippen LogP contribution in [0.3, 0.4) is 0 Å². The van der Waals surface area contributed by atoms with Gasteiger partial charge in [0.2, 0.25) is 5.76 Å². The number of hydrogen-bond acceptors (Lipinski definition) is 4. The van der Waals surface area contributed by atoms with Crippen LogP contribution < -0.4 is 15.4 Å². The zero-order valence-corrected chi connectivity index (χ0v) is 18.2. The normalized spacial score (nSPS) is 10.9. The van der Waals surface area contributed by atoms with Gasteiger partial charge in [0.15, 0.2) is 6.61 Å². The molecule has 6 nitrogen and oxygen atoms in total. The molecule has 0 aliphatic carbocycles. The lowest BCUT2D eigenvalue weighted by Crippen LogP contribution is -2.22. The summed E-state index contributed by atoms with van der Waals surface area (Å²) >= 11 is 0. The number of ether oxygens (including phenoxy) is 1. The molecule has 0 radical (unpaired) electrons. The van der Waals surface area contributed by atoms with E-state index in [-0.39, 0.29) is 18.1 Å². The van der Waals surface area contributed by atoms with Gasteiger partial charge in [0.1, 0.15) is 22.8 Å². The summed E-state index contributed by atoms with van der Waals surface area (Å²) in [7, 11) is 0. The first-order chi connectivity index (χ1) is 15.9. The molecule has 0 bridgehead atoms. The maximum absolute atomic E-state index is 13.2. The van der Waals surface area contributed by atoms with Gasteiger partial charge in [-0.25, -0.2) is 4.39 Å². The topological polar surface area (TPSA) is 80.6 Å². The van der Waals surface area contributed by atoms with Crippen LogP contribution in [0.4, 0.5) is 15.8 Å². The third-order valence-corrected chi connectivity index (χ3v) is 5.08. The van der Waals surface area contributed by atoms with Gasteiger partial charge >= 0.3 is 0 Å². The van der Waals surface area contributed by atoms with E-state index < -0.39 is 17.6 Å². The molecule has 0 aliphatic heterocycles. The standard InChI is InChI=1S/C26H23FN2O4/c1-16(2)17-7-13-20(14-8-17)32-15-23(30)29-24-21-5-3-4-6-22(21)33-25(24)26(31)28-19-11-9-18(27)10-12-19/h3-14,16H,15H2,1-2H3,(H,28,31)(H,29,30). The summed E-state index contributed by atoms with van der Waals surface area (Å²) in [5, 5.41) is 5.96. The highest BCUT2D eigenvalue weighted by atomic mass is 19.1. The van der Waals surface area contributed by atoms with E-state index in [1.165, 1.54) is 29.8 Å². The van der Waals surface area contributed by atoms with Gasteiger partial charge in [-0.2, -0.15) is 0 Å². The fourth-order valence-electron chi connectivity index (χ4n) is 3.32. The molecule has 4 aromatic rings. The van der Waals surface area contributed by atoms with Crippen molar-refractivity contribution in [2.45, 2.75) is 19.8 Å². The van der Waals surface area contributed by atoms with E-state index in [1.54, 1.807) is 24.3 Å². The van der Waals surface area contributed by atoms with Gasteiger partial charge in [-0.15, -0.1) is 0 Å². The van der Waals surface area contributed by atoms with Crippen molar-refractivity contribution in [1.29, 1.82) is 0 Å². The maximum atomic E-state index is 13.2. The Morgan fingerprint density at radius 1 is 0.939 bits per heavy atom. The smallest absolute Gasteiger partial charge is 0.293 e. The number of carbonyl (C=O) groups is 2. The molecule has 2 N–H and O–H groups in total. The van der Waals surface area contributed by atoms with Crippen LogP contribution in [-0.2, 0) is 4.79 Å². The predicted octanol–water partition coefficient (Wildman–Crippen LogP) is 5.97. The molecule has 0 spiro atoms. The minimum atomic E-state index is -0.571. The van der Waals surface area contributed by atoms with Crippen LogP contribution in [0.1, 0.15) is 35.9 Å². The highest BCUT2D eigenvalue weighted by molar-refractivity contribution is 6.14. The molecule has 1 aromatic heterocycles. The van der Waals surface area contributed by atoms with Crippen molar-refractivity contribution in [1.82, 2.24) is 0 Å². The second kappa shape index (κ2) is 9.56. The Hall–Kier alpha value is -4.13. The number of furan rings is 1. The monoisotopic (exact) mass is 446 g/mol. The molecule has 33 heavy (non-hydrogen) atoms. The Bertz CT molecular complexity index is 1280. The molecular weight excluding hydrogens is 423 g/mol. The Balaban J connectivity index is 1.50. The molecule has 0 saturated heterocycles. The molecule has 4 rings (SSSR count). The first-order valence-electron chi connectivity index (χ1n) is 10.5. The third-order valence-electron chi connectivity index (χ3n) is 5.08. The lowest BCUT2D eigenvalue weighted by molar-refractivity contribution is -0.118. The first kappa shape index (κ1) is 22.1. The van der Waals surface area contributed by atoms with E-state index in [1.807, 2.05) is 24.3 Å². The summed E-state index contributed by atoms with van der Waals surface area (Å²) in [6, 6.07) is 19.9. The molecule has 3 aromatic carbocycles. The van der Waals surface area contributed by atoms with Gasteiger partial charge in [0.25, 0.3) is 11.8 Å². The van der Waals surface area contributed by atoms with Crippen LogP contribution in [0, 0.1) is 5.82 Å². The maximum Gasteiger partial charge on any atom is 0.293 e. The van der Waals surface area contributed by atoms with E-state index in [0.717, 1.165) is 0 Å². The predicted molar refractivity (Wildman–Crippen MR) is 125 cm³/mol. The molecular formula is C26H23FN2O4. The quantitative estimate of drug-likeness (QED) is 0.367. The van der Waals surface area contributed by atoms with Crippen LogP contribution in [0.2, 0.25) is 0 Å². The number of anilines is 2. The van der Waals surface area contributed by atoms with Crippen molar-refractivity contribution in [2.24, 2.45) is 0 Å². The number of rotatable bonds is 7. The van der Waals surface area contributed by atoms with Crippen LogP contribution in [0.15, 0.2) is 77.2 Å². The average molecular weight is 446 g/mol. The van der Waals surface area contributed by atoms with Gasteiger partial charge in [-0.05, 0) is 60.0 Å². The van der Waals surface area contributed by atoms with Crippen molar-refractivity contribution in [3.8, 4) is 5.75 Å². The number of benzene rings is 3. The highest BCUT2D eigenvalue weighted by Gasteiger charge is 2.22. The lowest BCUT2D eigenvalue weighted by Gasteiger charge is -2.10. The summed E-state index contributed by atoms with van der Waals surface area (Å²) < 4.78 is 24.5. The molecule has 168 valence electrons. The van der Waals surface area contributed by atoms with Gasteiger partial charge < -0.3 is 19.8 Å². The van der Waals surface area contributed by atoms with Gasteiger partial charge in [0, 0.05) is 11.1 Å². The highest BCUT2D eigenvalue weighted by Crippen LogP contribution is 2.31. The molecule has 1 heterocycles. The fraction of sp³-hybridized carbons (Fsp3) is 0.154. The zero-order valence-electron chi connectivity index (χ0n) is 18.2. The molecule has 0 atom stereocenters. The van der Waals surface area contributed by atoms with E-state index in [0.29, 0.717) is 28.3 Å². The number of carbonyl (C=O) groups excluding carboxylic acids is 2. The summed E-state index contributed by atoms with van der Waals surface area (Å²) in [6.07, 6.45) is 0. The first-order valence-corrected chi connectivity index (χ1v) is 10.5. The second-order valence-electron chi connectivity index (χ2n) is 7.82. The SMILES string of the molecule is CC(C)c1ccc(OCC(=O)Nc2c(C(=O)Nc3ccc(F)cc3)oc3ccccc23)cc1. The number of nitrogens with one attached hydrogen (secondary N) is 2. The van der Waals surface area contributed by atoms with Crippen molar-refractivity contribution in [2.75, 3.05) is 17.2 Å². The van der Waals surface area contributed by atoms with Crippen LogP contribution in [-0.4, -0.2) is 18.4 Å². The van der Waals surface area contributed by atoms with Crippen molar-refractivity contribution >= 4 is 34.2 Å². The minimum absolute atomic E-state index is 0.0600. The molecule has 0 unspecified atom stereocenters. The Morgan fingerprint density at radius 3 is 2.33 bits per heavy atom. The number of para-hydroxylation sites is 1. The Morgan fingerprint density at radius 2 is 1.64 bits per heavy atom. The van der Waals surface area contributed by atoms with E-state index in [4.69, 9.17) is 9.15 Å². The van der Waals surface area contributed by atoms with Gasteiger partial charge in [-0.3, -0.25) is 9.59 Å². The van der Waals surface area contributed by atoms with Crippen LogP contribution >= 0.6 is 0 Å². The summed E-state index contributed by atoms with van der Waals surface area (Å²) in [5.41, 5.74) is 2.26. The van der Waals surface area contributed by atoms with E-state index >= 15 is 0 Å². The molecule has 0 aliphatic rings. The number of halogens is 1. The zero-order chi connectivity index (χ0) is 23.4. The van der Waals surface area contributed by atoms with Gasteiger partial charge in [-0.1, -0.05) is 38.1 Å². The van der Waals surface area contributed by atoms with Crippen molar-refractivity contribution in [3.05, 3.63) is 89.9 Å². The molecule has 7 heteroatoms. The molecule has 0 saturated carbocycles. The molecule has 0 fully saturated rings. The fourth-order valence-corrected chi connectivity index (χ4v) is 3.32.